The number of carbonyl (C=O) groups is 2. The first kappa shape index (κ1) is 11.8. The molecule has 0 radical (unpaired) electrons. The molecule has 0 aliphatic rings. The van der Waals surface area contributed by atoms with Crippen molar-refractivity contribution in [3.8, 4) is 5.75 Å². The van der Waals surface area contributed by atoms with Crippen molar-refractivity contribution in [2.24, 2.45) is 0 Å². The number of aliphatic carboxylic acids is 1. The van der Waals surface area contributed by atoms with Crippen LogP contribution in [-0.4, -0.2) is 26.9 Å². The minimum Gasteiger partial charge on any atom is -0.506 e. The number of benzene rings is 1. The molecular weight excluding hydrogens is 210 g/mol. The van der Waals surface area contributed by atoms with Gasteiger partial charge in [-0.3, -0.25) is 4.79 Å². The fourth-order valence-corrected chi connectivity index (χ4v) is 1.06. The predicted octanol–water partition coefficient (Wildman–Crippen LogP) is 1.53. The number of hydrogen-bond acceptors (Lipinski definition) is 3. The van der Waals surface area contributed by atoms with Crippen LogP contribution in [0.5, 0.6) is 5.75 Å². The maximum absolute atomic E-state index is 9.54. The Morgan fingerprint density at radius 1 is 1.25 bits per heavy atom. The molecule has 0 atom stereocenters. The van der Waals surface area contributed by atoms with Crippen LogP contribution in [0.2, 0.25) is 0 Å². The van der Waals surface area contributed by atoms with Gasteiger partial charge in [0.1, 0.15) is 5.75 Å². The second-order valence-electron chi connectivity index (χ2n) is 3.08. The Bertz CT molecular complexity index is 503. The maximum atomic E-state index is 9.54. The third-order valence-corrected chi connectivity index (χ3v) is 1.87. The Hall–Kier alpha value is -2.30. The van der Waals surface area contributed by atoms with Crippen molar-refractivity contribution < 1.29 is 19.8 Å². The monoisotopic (exact) mass is 221 g/mol. The number of ketones is 1. The van der Waals surface area contributed by atoms with Crippen LogP contribution in [0.4, 0.5) is 0 Å². The molecule has 0 unspecified atom stereocenters. The first-order valence-electron chi connectivity index (χ1n) is 4.51. The Balaban J connectivity index is 0.000000187. The number of carboxylic acid groups (broad SMARTS) is 1. The zero-order chi connectivity index (χ0) is 12.1. The van der Waals surface area contributed by atoms with Gasteiger partial charge >= 0.3 is 5.97 Å². The van der Waals surface area contributed by atoms with E-state index in [1.165, 1.54) is 0 Å². The fraction of sp³-hybridized carbons (Fsp3) is 0.0909. The second kappa shape index (κ2) is 4.97. The number of carboxylic acids is 1. The van der Waals surface area contributed by atoms with Crippen LogP contribution in [0.1, 0.15) is 6.92 Å². The average molecular weight is 221 g/mol. The smallest absolute Gasteiger partial charge is 0.371 e. The molecule has 0 bridgehead atoms. The van der Waals surface area contributed by atoms with Gasteiger partial charge < -0.3 is 15.2 Å². The van der Waals surface area contributed by atoms with Crippen LogP contribution < -0.4 is 0 Å². The largest absolute Gasteiger partial charge is 0.506 e. The zero-order valence-electron chi connectivity index (χ0n) is 8.60. The molecule has 5 nitrogen and oxygen atoms in total. The zero-order valence-corrected chi connectivity index (χ0v) is 8.60. The number of rotatable bonds is 1. The van der Waals surface area contributed by atoms with Gasteiger partial charge in [-0.05, 0) is 12.1 Å². The molecule has 1 heterocycles. The van der Waals surface area contributed by atoms with Crippen molar-refractivity contribution in [2.75, 3.05) is 0 Å². The third kappa shape index (κ3) is 2.84. The molecule has 0 amide bonds. The van der Waals surface area contributed by atoms with Gasteiger partial charge in [0, 0.05) is 24.0 Å². The third-order valence-electron chi connectivity index (χ3n) is 1.87. The van der Waals surface area contributed by atoms with Crippen molar-refractivity contribution >= 4 is 22.7 Å². The molecular formula is C11H11NO4. The Labute approximate surface area is 91.3 Å². The van der Waals surface area contributed by atoms with Gasteiger partial charge in [-0.1, -0.05) is 12.1 Å². The van der Waals surface area contributed by atoms with E-state index in [1.54, 1.807) is 6.20 Å². The van der Waals surface area contributed by atoms with Crippen LogP contribution in [0.25, 0.3) is 10.9 Å². The van der Waals surface area contributed by atoms with Crippen molar-refractivity contribution in [3.05, 3.63) is 30.5 Å². The lowest BCUT2D eigenvalue weighted by atomic mass is 10.2. The molecule has 0 aliphatic carbocycles. The number of fused-ring (bicyclic) bond motifs is 1. The van der Waals surface area contributed by atoms with Crippen LogP contribution in [0.3, 0.4) is 0 Å². The number of hydrogen-bond donors (Lipinski definition) is 3. The van der Waals surface area contributed by atoms with Crippen LogP contribution in [0.15, 0.2) is 30.5 Å². The Kier molecular flexibility index (Phi) is 3.66. The van der Waals surface area contributed by atoms with Crippen molar-refractivity contribution in [1.82, 2.24) is 4.98 Å². The molecule has 0 saturated carbocycles. The lowest BCUT2D eigenvalue weighted by Crippen LogP contribution is -2.05. The SMILES string of the molecule is CC(=O)C(=O)O.Oc1c[nH]c2ccccc12. The number of aromatic hydroxyl groups is 1. The molecule has 0 fully saturated rings. The number of aromatic nitrogens is 1. The molecule has 2 rings (SSSR count). The van der Waals surface area contributed by atoms with Gasteiger partial charge in [0.05, 0.1) is 0 Å². The summed E-state index contributed by atoms with van der Waals surface area (Å²) in [5.74, 6) is -1.89. The van der Waals surface area contributed by atoms with Gasteiger partial charge in [0.15, 0.2) is 0 Å². The summed E-state index contributed by atoms with van der Waals surface area (Å²) in [4.78, 5) is 21.8. The molecule has 0 aliphatic heterocycles. The highest BCUT2D eigenvalue weighted by Crippen LogP contribution is 2.22. The van der Waals surface area contributed by atoms with Crippen molar-refractivity contribution in [3.63, 3.8) is 0 Å². The van der Waals surface area contributed by atoms with Crippen LogP contribution in [-0.2, 0) is 9.59 Å². The van der Waals surface area contributed by atoms with E-state index in [2.05, 4.69) is 4.98 Å². The molecule has 0 spiro atoms. The molecule has 3 N–H and O–H groups in total. The number of H-pyrrole nitrogens is 1. The number of carbonyl (C=O) groups excluding carboxylic acids is 1. The summed E-state index contributed by atoms with van der Waals surface area (Å²) in [6.07, 6.45) is 1.59. The number of nitrogens with one attached hydrogen (secondary N) is 1. The highest BCUT2D eigenvalue weighted by Gasteiger charge is 1.99. The summed E-state index contributed by atoms with van der Waals surface area (Å²) in [6, 6.07) is 7.63. The fourth-order valence-electron chi connectivity index (χ4n) is 1.06. The molecule has 2 aromatic rings. The standard InChI is InChI=1S/C8H7NO.C3H4O3/c10-8-5-9-7-4-2-1-3-6(7)8;1-2(4)3(5)6/h1-5,9-10H;1H3,(H,5,6). The summed E-state index contributed by atoms with van der Waals surface area (Å²) < 4.78 is 0. The number of Topliss-reactive ketones (excluding diaryl/α,β-unsaturated/α-hetero) is 1. The van der Waals surface area contributed by atoms with Gasteiger partial charge in [-0.2, -0.15) is 0 Å². The molecule has 84 valence electrons. The van der Waals surface area contributed by atoms with Crippen molar-refractivity contribution in [2.45, 2.75) is 6.92 Å². The van der Waals surface area contributed by atoms with Gasteiger partial charge in [-0.15, -0.1) is 0 Å². The minimum absolute atomic E-state index is 0.315. The van der Waals surface area contributed by atoms with Crippen molar-refractivity contribution in [1.29, 1.82) is 0 Å². The van der Waals surface area contributed by atoms with E-state index in [4.69, 9.17) is 5.11 Å². The summed E-state index contributed by atoms with van der Waals surface area (Å²) >= 11 is 0. The molecule has 5 heteroatoms. The van der Waals surface area contributed by atoms with Crippen LogP contribution >= 0.6 is 0 Å². The topological polar surface area (TPSA) is 90.4 Å². The van der Waals surface area contributed by atoms with Crippen LogP contribution in [0, 0.1) is 0 Å². The highest BCUT2D eigenvalue weighted by atomic mass is 16.4. The molecule has 1 aromatic carbocycles. The van der Waals surface area contributed by atoms with E-state index >= 15 is 0 Å². The maximum Gasteiger partial charge on any atom is 0.371 e. The second-order valence-corrected chi connectivity index (χ2v) is 3.08. The first-order chi connectivity index (χ1) is 7.52. The van der Waals surface area contributed by atoms with E-state index in [0.29, 0.717) is 5.75 Å². The van der Waals surface area contributed by atoms with E-state index < -0.39 is 11.8 Å². The number of aromatic amines is 1. The highest BCUT2D eigenvalue weighted by molar-refractivity contribution is 6.31. The van der Waals surface area contributed by atoms with E-state index in [-0.39, 0.29) is 0 Å². The van der Waals surface area contributed by atoms with Gasteiger partial charge in [0.25, 0.3) is 0 Å². The summed E-state index contributed by atoms with van der Waals surface area (Å²) in [7, 11) is 0. The van der Waals surface area contributed by atoms with E-state index in [1.807, 2.05) is 24.3 Å². The van der Waals surface area contributed by atoms with Gasteiger partial charge in [-0.25, -0.2) is 4.79 Å². The van der Waals surface area contributed by atoms with Gasteiger partial charge in [0.2, 0.25) is 5.78 Å². The summed E-state index contributed by atoms with van der Waals surface area (Å²) in [6.45, 7) is 1.00. The minimum atomic E-state index is -1.38. The Morgan fingerprint density at radius 3 is 2.31 bits per heavy atom. The summed E-state index contributed by atoms with van der Waals surface area (Å²) in [5, 5.41) is 17.7. The Morgan fingerprint density at radius 2 is 1.81 bits per heavy atom. The number of para-hydroxylation sites is 1. The predicted molar refractivity (Wildman–Crippen MR) is 58.3 cm³/mol. The molecule has 1 aromatic heterocycles. The average Bonchev–Trinajstić information content (AvgIpc) is 2.62. The quantitative estimate of drug-likeness (QED) is 0.637. The molecule has 0 saturated heterocycles. The summed E-state index contributed by atoms with van der Waals surface area (Å²) in [5.41, 5.74) is 0.972. The van der Waals surface area contributed by atoms with E-state index in [0.717, 1.165) is 17.8 Å². The lowest BCUT2D eigenvalue weighted by Gasteiger charge is -1.86. The van der Waals surface area contributed by atoms with E-state index in [9.17, 15) is 14.7 Å². The molecule has 16 heavy (non-hydrogen) atoms. The normalized spacial score (nSPS) is 9.31. The lowest BCUT2D eigenvalue weighted by molar-refractivity contribution is -0.148. The first-order valence-corrected chi connectivity index (χ1v) is 4.51.